The van der Waals surface area contributed by atoms with E-state index in [1.165, 1.54) is 0 Å². The van der Waals surface area contributed by atoms with Gasteiger partial charge in [0.05, 0.1) is 6.61 Å². The number of likely N-dealkylation sites (tertiary alicyclic amines) is 1. The zero-order valence-corrected chi connectivity index (χ0v) is 10.3. The topological polar surface area (TPSA) is 49.8 Å². The summed E-state index contributed by atoms with van der Waals surface area (Å²) < 4.78 is 5.42. The van der Waals surface area contributed by atoms with Crippen molar-refractivity contribution in [1.29, 1.82) is 0 Å². The lowest BCUT2D eigenvalue weighted by Gasteiger charge is -2.35. The molecule has 0 aliphatic carbocycles. The molecule has 0 bridgehead atoms. The van der Waals surface area contributed by atoms with Crippen molar-refractivity contribution in [1.82, 2.24) is 4.90 Å². The molecule has 0 radical (unpaired) electrons. The average Bonchev–Trinajstić information content (AvgIpc) is 2.27. The summed E-state index contributed by atoms with van der Waals surface area (Å²) in [6, 6.07) is -0.315. The second-order valence-corrected chi connectivity index (χ2v) is 4.42. The van der Waals surface area contributed by atoms with E-state index >= 15 is 0 Å². The van der Waals surface area contributed by atoms with E-state index in [2.05, 4.69) is 4.90 Å². The number of carboxylic acids is 1. The Morgan fingerprint density at radius 1 is 1.56 bits per heavy atom. The molecule has 0 aromatic heterocycles. The number of rotatable bonds is 6. The molecule has 0 amide bonds. The number of carboxylic acid groups (broad SMARTS) is 1. The molecule has 0 aromatic rings. The molecule has 0 spiro atoms. The first kappa shape index (κ1) is 13.5. The minimum Gasteiger partial charge on any atom is -0.480 e. The third kappa shape index (κ3) is 3.76. The highest BCUT2D eigenvalue weighted by Gasteiger charge is 2.28. The predicted octanol–water partition coefficient (Wildman–Crippen LogP) is 1.60. The summed E-state index contributed by atoms with van der Waals surface area (Å²) in [5.41, 5.74) is 0. The van der Waals surface area contributed by atoms with Crippen molar-refractivity contribution in [3.8, 4) is 0 Å². The van der Waals surface area contributed by atoms with Gasteiger partial charge in [-0.25, -0.2) is 0 Å². The van der Waals surface area contributed by atoms with Gasteiger partial charge in [0.2, 0.25) is 0 Å². The van der Waals surface area contributed by atoms with E-state index in [-0.39, 0.29) is 6.04 Å². The standard InChI is InChI=1S/C12H23NO3/c1-3-11(12(14)15)13-7-5-6-10(8-13)9-16-4-2/h10-11H,3-9H2,1-2H3,(H,14,15). The fraction of sp³-hybridized carbons (Fsp3) is 0.917. The minimum absolute atomic E-state index is 0.315. The van der Waals surface area contributed by atoms with Crippen molar-refractivity contribution in [3.05, 3.63) is 0 Å². The molecule has 1 aliphatic rings. The molecule has 1 N–H and O–H groups in total. The van der Waals surface area contributed by atoms with Gasteiger partial charge < -0.3 is 9.84 Å². The van der Waals surface area contributed by atoms with Gasteiger partial charge in [-0.05, 0) is 38.6 Å². The summed E-state index contributed by atoms with van der Waals surface area (Å²) in [4.78, 5) is 13.2. The van der Waals surface area contributed by atoms with E-state index in [4.69, 9.17) is 9.84 Å². The first-order valence-corrected chi connectivity index (χ1v) is 6.23. The molecule has 4 heteroatoms. The quantitative estimate of drug-likeness (QED) is 0.751. The number of hydrogen-bond acceptors (Lipinski definition) is 3. The maximum atomic E-state index is 11.1. The van der Waals surface area contributed by atoms with E-state index in [9.17, 15) is 4.79 Å². The van der Waals surface area contributed by atoms with Gasteiger partial charge in [0.1, 0.15) is 6.04 Å². The Labute approximate surface area is 97.6 Å². The highest BCUT2D eigenvalue weighted by molar-refractivity contribution is 5.73. The van der Waals surface area contributed by atoms with Gasteiger partial charge >= 0.3 is 5.97 Å². The molecule has 1 heterocycles. The lowest BCUT2D eigenvalue weighted by Crippen LogP contribution is -2.47. The molecule has 1 aliphatic heterocycles. The SMILES string of the molecule is CCOCC1CCCN(C(CC)C(=O)O)C1. The third-order valence-corrected chi connectivity index (χ3v) is 3.22. The number of ether oxygens (including phenoxy) is 1. The van der Waals surface area contributed by atoms with Crippen molar-refractivity contribution in [2.45, 2.75) is 39.2 Å². The smallest absolute Gasteiger partial charge is 0.320 e. The molecule has 2 unspecified atom stereocenters. The Morgan fingerprint density at radius 2 is 2.31 bits per heavy atom. The summed E-state index contributed by atoms with van der Waals surface area (Å²) in [7, 11) is 0. The molecule has 0 aromatic carbocycles. The molecule has 94 valence electrons. The largest absolute Gasteiger partial charge is 0.480 e. The lowest BCUT2D eigenvalue weighted by atomic mass is 9.97. The summed E-state index contributed by atoms with van der Waals surface area (Å²) in [6.45, 7) is 7.21. The van der Waals surface area contributed by atoms with Crippen LogP contribution in [0.3, 0.4) is 0 Å². The first-order valence-electron chi connectivity index (χ1n) is 6.23. The van der Waals surface area contributed by atoms with Crippen molar-refractivity contribution in [3.63, 3.8) is 0 Å². The lowest BCUT2D eigenvalue weighted by molar-refractivity contribution is -0.144. The second kappa shape index (κ2) is 6.86. The van der Waals surface area contributed by atoms with Crippen LogP contribution >= 0.6 is 0 Å². The molecule has 0 saturated carbocycles. The minimum atomic E-state index is -0.695. The molecule has 2 atom stereocenters. The van der Waals surface area contributed by atoms with Gasteiger partial charge in [-0.2, -0.15) is 0 Å². The molecule has 1 saturated heterocycles. The van der Waals surface area contributed by atoms with Crippen molar-refractivity contribution >= 4 is 5.97 Å². The van der Waals surface area contributed by atoms with E-state index in [1.54, 1.807) is 0 Å². The normalized spacial score (nSPS) is 24.2. The van der Waals surface area contributed by atoms with Gasteiger partial charge in [0.15, 0.2) is 0 Å². The third-order valence-electron chi connectivity index (χ3n) is 3.22. The predicted molar refractivity (Wildman–Crippen MR) is 62.5 cm³/mol. The summed E-state index contributed by atoms with van der Waals surface area (Å²) in [6.07, 6.45) is 2.92. The second-order valence-electron chi connectivity index (χ2n) is 4.42. The Balaban J connectivity index is 2.45. The number of piperidine rings is 1. The Bertz CT molecular complexity index is 220. The molecule has 4 nitrogen and oxygen atoms in total. The highest BCUT2D eigenvalue weighted by Crippen LogP contribution is 2.20. The van der Waals surface area contributed by atoms with Gasteiger partial charge in [0, 0.05) is 13.2 Å². The van der Waals surface area contributed by atoms with Crippen LogP contribution in [0.25, 0.3) is 0 Å². The maximum Gasteiger partial charge on any atom is 0.320 e. The van der Waals surface area contributed by atoms with Gasteiger partial charge in [0.25, 0.3) is 0 Å². The van der Waals surface area contributed by atoms with Crippen LogP contribution in [-0.4, -0.2) is 48.3 Å². The summed E-state index contributed by atoms with van der Waals surface area (Å²) >= 11 is 0. The number of aliphatic carboxylic acids is 1. The Morgan fingerprint density at radius 3 is 2.88 bits per heavy atom. The van der Waals surface area contributed by atoms with Gasteiger partial charge in [-0.15, -0.1) is 0 Å². The van der Waals surface area contributed by atoms with Gasteiger partial charge in [-0.3, -0.25) is 9.69 Å². The molecule has 1 rings (SSSR count). The summed E-state index contributed by atoms with van der Waals surface area (Å²) in [5.74, 6) is -0.193. The average molecular weight is 229 g/mol. The molecule has 1 fully saturated rings. The maximum absolute atomic E-state index is 11.1. The fourth-order valence-electron chi connectivity index (χ4n) is 2.39. The Hall–Kier alpha value is -0.610. The van der Waals surface area contributed by atoms with Crippen LogP contribution in [0.2, 0.25) is 0 Å². The van der Waals surface area contributed by atoms with Crippen LogP contribution in [0.15, 0.2) is 0 Å². The zero-order valence-electron chi connectivity index (χ0n) is 10.3. The van der Waals surface area contributed by atoms with Crippen LogP contribution in [0.4, 0.5) is 0 Å². The van der Waals surface area contributed by atoms with Crippen molar-refractivity contribution < 1.29 is 14.6 Å². The van der Waals surface area contributed by atoms with Crippen molar-refractivity contribution in [2.24, 2.45) is 5.92 Å². The van der Waals surface area contributed by atoms with Crippen molar-refractivity contribution in [2.75, 3.05) is 26.3 Å². The molecular weight excluding hydrogens is 206 g/mol. The van der Waals surface area contributed by atoms with E-state index in [0.717, 1.165) is 39.1 Å². The van der Waals surface area contributed by atoms with Crippen LogP contribution in [0.5, 0.6) is 0 Å². The van der Waals surface area contributed by atoms with Crippen LogP contribution < -0.4 is 0 Å². The number of hydrogen-bond donors (Lipinski definition) is 1. The number of carbonyl (C=O) groups is 1. The summed E-state index contributed by atoms with van der Waals surface area (Å²) in [5, 5.41) is 9.11. The first-order chi connectivity index (χ1) is 7.69. The van der Waals surface area contributed by atoms with Crippen LogP contribution in [-0.2, 0) is 9.53 Å². The van der Waals surface area contributed by atoms with Crippen LogP contribution in [0, 0.1) is 5.92 Å². The van der Waals surface area contributed by atoms with Gasteiger partial charge in [-0.1, -0.05) is 6.92 Å². The zero-order chi connectivity index (χ0) is 12.0. The highest BCUT2D eigenvalue weighted by atomic mass is 16.5. The monoisotopic (exact) mass is 229 g/mol. The molecular formula is C12H23NO3. The Kier molecular flexibility index (Phi) is 5.77. The molecule has 16 heavy (non-hydrogen) atoms. The van der Waals surface area contributed by atoms with E-state index < -0.39 is 5.97 Å². The fourth-order valence-corrected chi connectivity index (χ4v) is 2.39. The van der Waals surface area contributed by atoms with E-state index in [1.807, 2.05) is 13.8 Å². The van der Waals surface area contributed by atoms with Crippen LogP contribution in [0.1, 0.15) is 33.1 Å². The van der Waals surface area contributed by atoms with E-state index in [0.29, 0.717) is 12.3 Å². The number of nitrogens with zero attached hydrogens (tertiary/aromatic N) is 1.